The van der Waals surface area contributed by atoms with Gasteiger partial charge in [0.05, 0.1) is 6.26 Å². The summed E-state index contributed by atoms with van der Waals surface area (Å²) in [5, 5.41) is 0. The minimum absolute atomic E-state index is 0.232. The van der Waals surface area contributed by atoms with Gasteiger partial charge >= 0.3 is 0 Å². The molecule has 0 aromatic heterocycles. The highest BCUT2D eigenvalue weighted by molar-refractivity contribution is 7.88. The van der Waals surface area contributed by atoms with Crippen LogP contribution < -0.4 is 0 Å². The molecule has 0 aromatic carbocycles. The van der Waals surface area contributed by atoms with Crippen LogP contribution in [0.25, 0.3) is 0 Å². The zero-order valence-electron chi connectivity index (χ0n) is 11.6. The summed E-state index contributed by atoms with van der Waals surface area (Å²) in [4.78, 5) is 13.1. The maximum absolute atomic E-state index is 11.6. The molecule has 2 aliphatic rings. The highest BCUT2D eigenvalue weighted by Crippen LogP contribution is 2.22. The number of hydrogen-bond donors (Lipinski definition) is 0. The molecule has 6 heteroatoms. The van der Waals surface area contributed by atoms with Crippen LogP contribution in [0.4, 0.5) is 0 Å². The normalized spacial score (nSPS) is 28.4. The zero-order valence-corrected chi connectivity index (χ0v) is 12.4. The average Bonchev–Trinajstić information content (AvgIpc) is 2.39. The van der Waals surface area contributed by atoms with Gasteiger partial charge in [-0.3, -0.25) is 0 Å². The lowest BCUT2D eigenvalue weighted by Crippen LogP contribution is -2.45. The Bertz CT molecular complexity index is 402. The van der Waals surface area contributed by atoms with Crippen molar-refractivity contribution in [2.45, 2.75) is 25.7 Å². The smallest absolute Gasteiger partial charge is 0.211 e. The van der Waals surface area contributed by atoms with Gasteiger partial charge in [0.15, 0.2) is 0 Å². The predicted octanol–water partition coefficient (Wildman–Crippen LogP) is 0.569. The van der Waals surface area contributed by atoms with Gasteiger partial charge in [-0.25, -0.2) is 12.7 Å². The first-order valence-electron chi connectivity index (χ1n) is 7.12. The summed E-state index contributed by atoms with van der Waals surface area (Å²) in [5.74, 6) is 0.673. The number of piperidine rings is 2. The molecule has 110 valence electrons. The Morgan fingerprint density at radius 2 is 1.84 bits per heavy atom. The summed E-state index contributed by atoms with van der Waals surface area (Å²) in [7, 11) is -3.04. The van der Waals surface area contributed by atoms with Crippen LogP contribution in [0.5, 0.6) is 0 Å². The summed E-state index contributed by atoms with van der Waals surface area (Å²) in [6.45, 7) is 4.24. The largest absolute Gasteiger partial charge is 0.303 e. The van der Waals surface area contributed by atoms with Gasteiger partial charge in [-0.05, 0) is 44.7 Å². The Kier molecular flexibility index (Phi) is 4.97. The van der Waals surface area contributed by atoms with E-state index in [9.17, 15) is 13.2 Å². The van der Waals surface area contributed by atoms with Crippen molar-refractivity contribution in [3.8, 4) is 0 Å². The quantitative estimate of drug-likeness (QED) is 0.710. The van der Waals surface area contributed by atoms with Gasteiger partial charge in [-0.15, -0.1) is 0 Å². The predicted molar refractivity (Wildman–Crippen MR) is 74.4 cm³/mol. The molecular formula is C13H24N2O3S. The summed E-state index contributed by atoms with van der Waals surface area (Å²) < 4.78 is 24.8. The molecule has 5 nitrogen and oxygen atoms in total. The Morgan fingerprint density at radius 3 is 2.42 bits per heavy atom. The first kappa shape index (κ1) is 14.9. The third kappa shape index (κ3) is 4.26. The lowest BCUT2D eigenvalue weighted by Gasteiger charge is -2.36. The Hall–Kier alpha value is -0.460. The summed E-state index contributed by atoms with van der Waals surface area (Å²) >= 11 is 0. The summed E-state index contributed by atoms with van der Waals surface area (Å²) in [6.07, 6.45) is 6.34. The van der Waals surface area contributed by atoms with E-state index in [1.807, 2.05) is 0 Å². The number of carbonyl (C=O) groups excluding carboxylic acids is 1. The van der Waals surface area contributed by atoms with Crippen LogP contribution in [0.3, 0.4) is 0 Å². The van der Waals surface area contributed by atoms with Gasteiger partial charge in [0.25, 0.3) is 0 Å². The molecule has 0 N–H and O–H groups in total. The lowest BCUT2D eigenvalue weighted by atomic mass is 9.95. The third-order valence-electron chi connectivity index (χ3n) is 4.29. The van der Waals surface area contributed by atoms with Crippen molar-refractivity contribution in [2.75, 3.05) is 39.0 Å². The molecule has 1 atom stereocenters. The maximum atomic E-state index is 11.6. The highest BCUT2D eigenvalue weighted by atomic mass is 32.2. The molecule has 0 saturated carbocycles. The average molecular weight is 288 g/mol. The van der Waals surface area contributed by atoms with Crippen molar-refractivity contribution in [3.63, 3.8) is 0 Å². The number of hydrogen-bond acceptors (Lipinski definition) is 4. The Balaban J connectivity index is 1.81. The van der Waals surface area contributed by atoms with E-state index in [4.69, 9.17) is 0 Å². The second kappa shape index (κ2) is 6.33. The molecule has 0 aliphatic carbocycles. The van der Waals surface area contributed by atoms with Crippen molar-refractivity contribution in [1.82, 2.24) is 9.21 Å². The van der Waals surface area contributed by atoms with E-state index in [-0.39, 0.29) is 5.92 Å². The highest BCUT2D eigenvalue weighted by Gasteiger charge is 2.28. The zero-order chi connectivity index (χ0) is 13.9. The van der Waals surface area contributed by atoms with Gasteiger partial charge in [0, 0.05) is 25.6 Å². The minimum Gasteiger partial charge on any atom is -0.303 e. The molecule has 19 heavy (non-hydrogen) atoms. The first-order valence-corrected chi connectivity index (χ1v) is 8.96. The fourth-order valence-electron chi connectivity index (χ4n) is 3.11. The van der Waals surface area contributed by atoms with Gasteiger partial charge in [0.2, 0.25) is 10.0 Å². The molecule has 0 bridgehead atoms. The molecule has 2 heterocycles. The van der Waals surface area contributed by atoms with E-state index in [1.165, 1.54) is 6.26 Å². The monoisotopic (exact) mass is 288 g/mol. The number of likely N-dealkylation sites (tertiary alicyclic amines) is 1. The first-order chi connectivity index (χ1) is 8.99. The third-order valence-corrected chi connectivity index (χ3v) is 5.56. The number of aldehydes is 1. The lowest BCUT2D eigenvalue weighted by molar-refractivity contribution is -0.112. The van der Waals surface area contributed by atoms with Crippen LogP contribution in [-0.4, -0.2) is 62.9 Å². The van der Waals surface area contributed by atoms with E-state index < -0.39 is 10.0 Å². The van der Waals surface area contributed by atoms with Crippen LogP contribution in [0, 0.1) is 11.8 Å². The van der Waals surface area contributed by atoms with Crippen molar-refractivity contribution >= 4 is 16.3 Å². The molecule has 0 amide bonds. The Labute approximate surface area is 116 Å². The second-order valence-electron chi connectivity index (χ2n) is 5.90. The van der Waals surface area contributed by atoms with Crippen molar-refractivity contribution in [2.24, 2.45) is 11.8 Å². The molecule has 0 radical (unpaired) electrons. The topological polar surface area (TPSA) is 57.7 Å². The van der Waals surface area contributed by atoms with E-state index in [1.54, 1.807) is 4.31 Å². The molecule has 2 aliphatic heterocycles. The molecule has 0 spiro atoms. The minimum atomic E-state index is -3.04. The molecule has 2 saturated heterocycles. The standard InChI is InChI=1S/C13H24N2O3S/c1-19(17,18)15-6-2-3-13(10-15)9-14-7-4-12(11-16)5-8-14/h11-13H,2-10H2,1H3. The molecule has 1 unspecified atom stereocenters. The van der Waals surface area contributed by atoms with E-state index in [0.717, 1.165) is 51.6 Å². The fraction of sp³-hybridized carbons (Fsp3) is 0.923. The van der Waals surface area contributed by atoms with E-state index >= 15 is 0 Å². The molecule has 2 fully saturated rings. The van der Waals surface area contributed by atoms with E-state index in [2.05, 4.69) is 4.90 Å². The SMILES string of the molecule is CS(=O)(=O)N1CCCC(CN2CCC(C=O)CC2)C1. The van der Waals surface area contributed by atoms with Crippen LogP contribution in [0.1, 0.15) is 25.7 Å². The number of sulfonamides is 1. The van der Waals surface area contributed by atoms with Crippen molar-refractivity contribution in [1.29, 1.82) is 0 Å². The van der Waals surface area contributed by atoms with Crippen molar-refractivity contribution in [3.05, 3.63) is 0 Å². The number of nitrogens with zero attached hydrogens (tertiary/aromatic N) is 2. The fourth-order valence-corrected chi connectivity index (χ4v) is 4.06. The van der Waals surface area contributed by atoms with Gasteiger partial charge in [0.1, 0.15) is 6.29 Å². The van der Waals surface area contributed by atoms with Crippen LogP contribution in [0.15, 0.2) is 0 Å². The van der Waals surface area contributed by atoms with Gasteiger partial charge in [-0.2, -0.15) is 0 Å². The van der Waals surface area contributed by atoms with Crippen molar-refractivity contribution < 1.29 is 13.2 Å². The number of rotatable bonds is 4. The molecular weight excluding hydrogens is 264 g/mol. The summed E-state index contributed by atoms with van der Waals surface area (Å²) in [5.41, 5.74) is 0. The van der Waals surface area contributed by atoms with Gasteiger partial charge < -0.3 is 9.69 Å². The second-order valence-corrected chi connectivity index (χ2v) is 7.89. The van der Waals surface area contributed by atoms with E-state index in [0.29, 0.717) is 19.0 Å². The molecule has 0 aromatic rings. The van der Waals surface area contributed by atoms with Crippen LogP contribution in [-0.2, 0) is 14.8 Å². The molecule has 2 rings (SSSR count). The van der Waals surface area contributed by atoms with Gasteiger partial charge in [-0.1, -0.05) is 0 Å². The maximum Gasteiger partial charge on any atom is 0.211 e. The van der Waals surface area contributed by atoms with Crippen LogP contribution >= 0.6 is 0 Å². The van der Waals surface area contributed by atoms with Crippen LogP contribution in [0.2, 0.25) is 0 Å². The summed E-state index contributed by atoms with van der Waals surface area (Å²) in [6, 6.07) is 0. The number of carbonyl (C=O) groups is 1. The Morgan fingerprint density at radius 1 is 1.16 bits per heavy atom.